The minimum Gasteiger partial charge on any atom is -0.314 e. The molecule has 18 heavy (non-hydrogen) atoms. The third-order valence-electron chi connectivity index (χ3n) is 5.40. The molecule has 2 aliphatic rings. The Morgan fingerprint density at radius 1 is 1.22 bits per heavy atom. The zero-order chi connectivity index (χ0) is 13.2. The van der Waals surface area contributed by atoms with Gasteiger partial charge in [-0.3, -0.25) is 4.90 Å². The first kappa shape index (κ1) is 14.3. The molecule has 1 saturated heterocycles. The molecule has 3 atom stereocenters. The van der Waals surface area contributed by atoms with Crippen LogP contribution in [0.2, 0.25) is 0 Å². The van der Waals surface area contributed by atoms with E-state index in [-0.39, 0.29) is 0 Å². The number of piperidine rings is 1. The Morgan fingerprint density at radius 3 is 2.67 bits per heavy atom. The highest BCUT2D eigenvalue weighted by Crippen LogP contribution is 2.38. The summed E-state index contributed by atoms with van der Waals surface area (Å²) in [5.41, 5.74) is 0.375. The first-order valence-electron chi connectivity index (χ1n) is 8.02. The molecule has 2 heteroatoms. The van der Waals surface area contributed by atoms with Gasteiger partial charge < -0.3 is 5.32 Å². The SMILES string of the molecule is CCNC(C)C(C)(C)CN1CCCC2CCCC21. The van der Waals surface area contributed by atoms with Gasteiger partial charge in [0, 0.05) is 18.6 Å². The van der Waals surface area contributed by atoms with E-state index in [0.29, 0.717) is 11.5 Å². The molecule has 1 N–H and O–H groups in total. The van der Waals surface area contributed by atoms with Gasteiger partial charge in [0.2, 0.25) is 0 Å². The van der Waals surface area contributed by atoms with E-state index < -0.39 is 0 Å². The summed E-state index contributed by atoms with van der Waals surface area (Å²) in [4.78, 5) is 2.81. The number of rotatable bonds is 5. The van der Waals surface area contributed by atoms with Gasteiger partial charge >= 0.3 is 0 Å². The Labute approximate surface area is 114 Å². The van der Waals surface area contributed by atoms with Gasteiger partial charge in [-0.05, 0) is 57.0 Å². The molecule has 0 amide bonds. The molecule has 1 aliphatic heterocycles. The maximum Gasteiger partial charge on any atom is 0.0124 e. The predicted octanol–water partition coefficient (Wildman–Crippen LogP) is 3.28. The molecule has 1 saturated carbocycles. The molecule has 3 unspecified atom stereocenters. The molecular formula is C16H32N2. The zero-order valence-electron chi connectivity index (χ0n) is 12.8. The molecule has 0 aromatic heterocycles. The van der Waals surface area contributed by atoms with Gasteiger partial charge in [-0.2, -0.15) is 0 Å². The summed E-state index contributed by atoms with van der Waals surface area (Å²) in [6, 6.07) is 1.51. The van der Waals surface area contributed by atoms with E-state index in [1.165, 1.54) is 45.2 Å². The monoisotopic (exact) mass is 252 g/mol. The fraction of sp³-hybridized carbons (Fsp3) is 1.00. The lowest BCUT2D eigenvalue weighted by Gasteiger charge is -2.44. The zero-order valence-corrected chi connectivity index (χ0v) is 12.8. The standard InChI is InChI=1S/C16H32N2/c1-5-17-13(2)16(3,4)12-18-11-7-9-14-8-6-10-15(14)18/h13-15,17H,5-12H2,1-4H3. The van der Waals surface area contributed by atoms with E-state index in [4.69, 9.17) is 0 Å². The largest absolute Gasteiger partial charge is 0.314 e. The van der Waals surface area contributed by atoms with E-state index in [1.54, 1.807) is 0 Å². The Hall–Kier alpha value is -0.0800. The first-order chi connectivity index (χ1) is 8.54. The van der Waals surface area contributed by atoms with Crippen LogP contribution < -0.4 is 5.32 Å². The number of likely N-dealkylation sites (tertiary alicyclic amines) is 1. The van der Waals surface area contributed by atoms with E-state index in [2.05, 4.69) is 37.9 Å². The van der Waals surface area contributed by atoms with Crippen molar-refractivity contribution < 1.29 is 0 Å². The highest BCUT2D eigenvalue weighted by molar-refractivity contribution is 4.93. The molecule has 1 aliphatic carbocycles. The number of nitrogens with zero attached hydrogens (tertiary/aromatic N) is 1. The van der Waals surface area contributed by atoms with Crippen LogP contribution in [0.15, 0.2) is 0 Å². The second-order valence-electron chi connectivity index (χ2n) is 7.14. The Balaban J connectivity index is 1.94. The Kier molecular flexibility index (Phi) is 4.71. The molecule has 0 bridgehead atoms. The predicted molar refractivity (Wildman–Crippen MR) is 78.9 cm³/mol. The van der Waals surface area contributed by atoms with Crippen molar-refractivity contribution in [3.05, 3.63) is 0 Å². The molecule has 106 valence electrons. The van der Waals surface area contributed by atoms with Crippen LogP contribution in [0.25, 0.3) is 0 Å². The molecule has 2 nitrogen and oxygen atoms in total. The molecule has 2 rings (SSSR count). The van der Waals surface area contributed by atoms with Crippen molar-refractivity contribution in [2.75, 3.05) is 19.6 Å². The van der Waals surface area contributed by atoms with Gasteiger partial charge in [0.05, 0.1) is 0 Å². The Morgan fingerprint density at radius 2 is 1.94 bits per heavy atom. The number of fused-ring (bicyclic) bond motifs is 1. The molecule has 0 aromatic carbocycles. The van der Waals surface area contributed by atoms with Crippen LogP contribution in [0.5, 0.6) is 0 Å². The lowest BCUT2D eigenvalue weighted by molar-refractivity contribution is 0.0586. The van der Waals surface area contributed by atoms with Crippen molar-refractivity contribution in [3.8, 4) is 0 Å². The van der Waals surface area contributed by atoms with Crippen LogP contribution in [0.3, 0.4) is 0 Å². The van der Waals surface area contributed by atoms with E-state index in [9.17, 15) is 0 Å². The highest BCUT2D eigenvalue weighted by Gasteiger charge is 2.38. The van der Waals surface area contributed by atoms with E-state index in [1.807, 2.05) is 0 Å². The molecule has 2 fully saturated rings. The molecule has 0 aromatic rings. The summed E-state index contributed by atoms with van der Waals surface area (Å²) in [5, 5.41) is 3.61. The van der Waals surface area contributed by atoms with Crippen LogP contribution in [-0.4, -0.2) is 36.6 Å². The van der Waals surface area contributed by atoms with Crippen molar-refractivity contribution >= 4 is 0 Å². The molecule has 1 heterocycles. The van der Waals surface area contributed by atoms with Gasteiger partial charge in [0.15, 0.2) is 0 Å². The lowest BCUT2D eigenvalue weighted by atomic mass is 9.82. The van der Waals surface area contributed by atoms with Gasteiger partial charge in [-0.1, -0.05) is 27.2 Å². The van der Waals surface area contributed by atoms with Crippen molar-refractivity contribution in [3.63, 3.8) is 0 Å². The topological polar surface area (TPSA) is 15.3 Å². The van der Waals surface area contributed by atoms with Gasteiger partial charge in [0.25, 0.3) is 0 Å². The van der Waals surface area contributed by atoms with Crippen molar-refractivity contribution in [1.82, 2.24) is 10.2 Å². The molecule has 0 spiro atoms. The summed E-state index contributed by atoms with van der Waals surface area (Å²) in [7, 11) is 0. The third kappa shape index (κ3) is 3.08. The summed E-state index contributed by atoms with van der Waals surface area (Å²) < 4.78 is 0. The minimum absolute atomic E-state index is 0.375. The fourth-order valence-corrected chi connectivity index (χ4v) is 4.00. The van der Waals surface area contributed by atoms with Crippen LogP contribution in [0.4, 0.5) is 0 Å². The highest BCUT2D eigenvalue weighted by atomic mass is 15.2. The van der Waals surface area contributed by atoms with Gasteiger partial charge in [-0.25, -0.2) is 0 Å². The molecule has 0 radical (unpaired) electrons. The average Bonchev–Trinajstić information content (AvgIpc) is 2.78. The maximum atomic E-state index is 3.61. The van der Waals surface area contributed by atoms with E-state index >= 15 is 0 Å². The third-order valence-corrected chi connectivity index (χ3v) is 5.40. The molecular weight excluding hydrogens is 220 g/mol. The minimum atomic E-state index is 0.375. The number of nitrogens with one attached hydrogen (secondary N) is 1. The second kappa shape index (κ2) is 5.92. The van der Waals surface area contributed by atoms with Crippen LogP contribution in [-0.2, 0) is 0 Å². The Bertz CT molecular complexity index is 262. The number of hydrogen-bond acceptors (Lipinski definition) is 2. The van der Waals surface area contributed by atoms with Crippen molar-refractivity contribution in [2.24, 2.45) is 11.3 Å². The van der Waals surface area contributed by atoms with Gasteiger partial charge in [0.1, 0.15) is 0 Å². The quantitative estimate of drug-likeness (QED) is 0.808. The average molecular weight is 252 g/mol. The summed E-state index contributed by atoms with van der Waals surface area (Å²) in [6.07, 6.45) is 7.33. The normalized spacial score (nSPS) is 31.3. The summed E-state index contributed by atoms with van der Waals surface area (Å²) in [6.45, 7) is 13.1. The first-order valence-corrected chi connectivity index (χ1v) is 8.02. The van der Waals surface area contributed by atoms with Crippen molar-refractivity contribution in [1.29, 1.82) is 0 Å². The maximum absolute atomic E-state index is 3.61. The summed E-state index contributed by atoms with van der Waals surface area (Å²) in [5.74, 6) is 1.02. The van der Waals surface area contributed by atoms with Crippen LogP contribution >= 0.6 is 0 Å². The van der Waals surface area contributed by atoms with Crippen molar-refractivity contribution in [2.45, 2.75) is 71.9 Å². The van der Waals surface area contributed by atoms with Gasteiger partial charge in [-0.15, -0.1) is 0 Å². The second-order valence-corrected chi connectivity index (χ2v) is 7.14. The van der Waals surface area contributed by atoms with Crippen LogP contribution in [0, 0.1) is 11.3 Å². The fourth-order valence-electron chi connectivity index (χ4n) is 4.00. The smallest absolute Gasteiger partial charge is 0.0124 e. The summed E-state index contributed by atoms with van der Waals surface area (Å²) >= 11 is 0. The lowest BCUT2D eigenvalue weighted by Crippen LogP contribution is -2.51. The number of hydrogen-bond donors (Lipinski definition) is 1. The van der Waals surface area contributed by atoms with Crippen LogP contribution in [0.1, 0.15) is 59.8 Å². The van der Waals surface area contributed by atoms with E-state index in [0.717, 1.165) is 18.5 Å².